The van der Waals surface area contributed by atoms with Gasteiger partial charge < -0.3 is 15.1 Å². The third kappa shape index (κ3) is 3.42. The average Bonchev–Trinajstić information content (AvgIpc) is 2.53. The van der Waals surface area contributed by atoms with Crippen LogP contribution in [0.4, 0.5) is 17.1 Å². The first-order valence-electron chi connectivity index (χ1n) is 8.00. The van der Waals surface area contributed by atoms with Crippen molar-refractivity contribution in [1.29, 1.82) is 0 Å². The Bertz CT molecular complexity index is 626. The summed E-state index contributed by atoms with van der Waals surface area (Å²) in [7, 11) is 2.19. The van der Waals surface area contributed by atoms with Gasteiger partial charge in [-0.05, 0) is 68.4 Å². The molecule has 1 saturated heterocycles. The predicted molar refractivity (Wildman–Crippen MR) is 95.4 cm³/mol. The summed E-state index contributed by atoms with van der Waals surface area (Å²) in [5.74, 6) is 0. The zero-order chi connectivity index (χ0) is 15.5. The molecule has 3 nitrogen and oxygen atoms in total. The van der Waals surface area contributed by atoms with Crippen molar-refractivity contribution in [3.05, 3.63) is 53.6 Å². The van der Waals surface area contributed by atoms with Crippen molar-refractivity contribution in [3.63, 3.8) is 0 Å². The Hall–Kier alpha value is -2.00. The van der Waals surface area contributed by atoms with Gasteiger partial charge in [0.2, 0.25) is 0 Å². The molecule has 0 radical (unpaired) electrons. The molecule has 0 bridgehead atoms. The van der Waals surface area contributed by atoms with Crippen LogP contribution < -0.4 is 10.2 Å². The predicted octanol–water partition coefficient (Wildman–Crippen LogP) is 3.80. The number of rotatable bonds is 3. The van der Waals surface area contributed by atoms with Gasteiger partial charge in [0.15, 0.2) is 0 Å². The van der Waals surface area contributed by atoms with Crippen molar-refractivity contribution < 1.29 is 0 Å². The van der Waals surface area contributed by atoms with E-state index in [2.05, 4.69) is 78.5 Å². The lowest BCUT2D eigenvalue weighted by Crippen LogP contribution is -2.44. The van der Waals surface area contributed by atoms with Crippen molar-refractivity contribution in [1.82, 2.24) is 4.90 Å². The molecule has 1 N–H and O–H groups in total. The second-order valence-electron chi connectivity index (χ2n) is 6.26. The number of likely N-dealkylation sites (N-methyl/N-ethyl adjacent to an activating group) is 1. The normalized spacial score (nSPS) is 15.9. The van der Waals surface area contributed by atoms with E-state index in [-0.39, 0.29) is 0 Å². The van der Waals surface area contributed by atoms with Gasteiger partial charge in [0.05, 0.1) is 0 Å². The monoisotopic (exact) mass is 295 g/mol. The molecule has 1 aliphatic heterocycles. The molecule has 0 saturated carbocycles. The van der Waals surface area contributed by atoms with E-state index < -0.39 is 0 Å². The van der Waals surface area contributed by atoms with E-state index in [0.29, 0.717) is 0 Å². The van der Waals surface area contributed by atoms with Crippen LogP contribution in [0.5, 0.6) is 0 Å². The summed E-state index contributed by atoms with van der Waals surface area (Å²) in [5.41, 5.74) is 6.25. The molecule has 2 aromatic carbocycles. The third-order valence-electron chi connectivity index (χ3n) is 4.53. The molecule has 22 heavy (non-hydrogen) atoms. The minimum absolute atomic E-state index is 1.11. The Kier molecular flexibility index (Phi) is 4.34. The Morgan fingerprint density at radius 2 is 1.41 bits per heavy atom. The molecule has 3 rings (SSSR count). The smallest absolute Gasteiger partial charge is 0.0387 e. The zero-order valence-electron chi connectivity index (χ0n) is 13.8. The molecule has 1 aliphatic rings. The fourth-order valence-corrected chi connectivity index (χ4v) is 2.81. The molecule has 0 spiro atoms. The Morgan fingerprint density at radius 3 is 2.05 bits per heavy atom. The van der Waals surface area contributed by atoms with E-state index >= 15 is 0 Å². The van der Waals surface area contributed by atoms with Crippen LogP contribution in [0.2, 0.25) is 0 Å². The largest absolute Gasteiger partial charge is 0.369 e. The first kappa shape index (κ1) is 14.9. The molecule has 0 aromatic heterocycles. The summed E-state index contributed by atoms with van der Waals surface area (Å²) >= 11 is 0. The number of hydrogen-bond donors (Lipinski definition) is 1. The molecule has 1 heterocycles. The fraction of sp³-hybridized carbons (Fsp3) is 0.368. The van der Waals surface area contributed by atoms with Gasteiger partial charge in [0, 0.05) is 43.2 Å². The van der Waals surface area contributed by atoms with Gasteiger partial charge in [-0.15, -0.1) is 0 Å². The van der Waals surface area contributed by atoms with Crippen molar-refractivity contribution >= 4 is 17.1 Å². The van der Waals surface area contributed by atoms with Crippen molar-refractivity contribution in [2.24, 2.45) is 0 Å². The minimum atomic E-state index is 1.11. The molecule has 3 heteroatoms. The molecular weight excluding hydrogens is 270 g/mol. The highest BCUT2D eigenvalue weighted by molar-refractivity contribution is 5.64. The number of nitrogens with one attached hydrogen (secondary N) is 1. The van der Waals surface area contributed by atoms with E-state index in [1.54, 1.807) is 0 Å². The molecular formula is C19H25N3. The van der Waals surface area contributed by atoms with Gasteiger partial charge in [-0.25, -0.2) is 0 Å². The van der Waals surface area contributed by atoms with Crippen molar-refractivity contribution in [2.45, 2.75) is 13.8 Å². The third-order valence-corrected chi connectivity index (χ3v) is 4.53. The molecule has 0 amide bonds. The Labute approximate surface area is 133 Å². The fourth-order valence-electron chi connectivity index (χ4n) is 2.81. The average molecular weight is 295 g/mol. The van der Waals surface area contributed by atoms with E-state index in [1.807, 2.05) is 0 Å². The van der Waals surface area contributed by atoms with Crippen LogP contribution in [0.1, 0.15) is 11.1 Å². The maximum atomic E-state index is 3.48. The molecule has 0 aliphatic carbocycles. The van der Waals surface area contributed by atoms with Crippen LogP contribution >= 0.6 is 0 Å². The number of hydrogen-bond acceptors (Lipinski definition) is 3. The van der Waals surface area contributed by atoms with Gasteiger partial charge in [-0.2, -0.15) is 0 Å². The highest BCUT2D eigenvalue weighted by Gasteiger charge is 2.13. The summed E-state index contributed by atoms with van der Waals surface area (Å²) in [6, 6.07) is 15.3. The van der Waals surface area contributed by atoms with Gasteiger partial charge in [-0.1, -0.05) is 6.07 Å². The summed E-state index contributed by atoms with van der Waals surface area (Å²) in [6.45, 7) is 8.80. The van der Waals surface area contributed by atoms with Crippen LogP contribution in [-0.2, 0) is 0 Å². The molecule has 116 valence electrons. The number of aryl methyl sites for hydroxylation is 2. The SMILES string of the molecule is Cc1ccc(Nc2ccc(N3CCN(C)CC3)cc2)cc1C. The van der Waals surface area contributed by atoms with Crippen molar-refractivity contribution in [2.75, 3.05) is 43.4 Å². The molecule has 0 atom stereocenters. The molecule has 0 unspecified atom stereocenters. The second-order valence-corrected chi connectivity index (χ2v) is 6.26. The summed E-state index contributed by atoms with van der Waals surface area (Å²) < 4.78 is 0. The van der Waals surface area contributed by atoms with E-state index in [1.165, 1.54) is 16.8 Å². The first-order chi connectivity index (χ1) is 10.6. The quantitative estimate of drug-likeness (QED) is 0.929. The maximum absolute atomic E-state index is 3.48. The topological polar surface area (TPSA) is 18.5 Å². The van der Waals surface area contributed by atoms with Gasteiger partial charge in [0.1, 0.15) is 0 Å². The minimum Gasteiger partial charge on any atom is -0.369 e. The maximum Gasteiger partial charge on any atom is 0.0387 e. The molecule has 2 aromatic rings. The van der Waals surface area contributed by atoms with Crippen LogP contribution in [-0.4, -0.2) is 38.1 Å². The number of piperazine rings is 1. The van der Waals surface area contributed by atoms with Crippen LogP contribution in [0.25, 0.3) is 0 Å². The Balaban J connectivity index is 1.67. The lowest BCUT2D eigenvalue weighted by Gasteiger charge is -2.34. The van der Waals surface area contributed by atoms with Crippen LogP contribution in [0.15, 0.2) is 42.5 Å². The van der Waals surface area contributed by atoms with E-state index in [9.17, 15) is 0 Å². The van der Waals surface area contributed by atoms with Gasteiger partial charge >= 0.3 is 0 Å². The lowest BCUT2D eigenvalue weighted by atomic mass is 10.1. The first-order valence-corrected chi connectivity index (χ1v) is 8.00. The lowest BCUT2D eigenvalue weighted by molar-refractivity contribution is 0.313. The standard InChI is InChI=1S/C19H25N3/c1-15-4-5-18(14-16(15)2)20-17-6-8-19(9-7-17)22-12-10-21(3)11-13-22/h4-9,14,20H,10-13H2,1-3H3. The highest BCUT2D eigenvalue weighted by Crippen LogP contribution is 2.23. The van der Waals surface area contributed by atoms with Crippen LogP contribution in [0, 0.1) is 13.8 Å². The van der Waals surface area contributed by atoms with Crippen LogP contribution in [0.3, 0.4) is 0 Å². The highest BCUT2D eigenvalue weighted by atomic mass is 15.2. The van der Waals surface area contributed by atoms with Crippen molar-refractivity contribution in [3.8, 4) is 0 Å². The summed E-state index contributed by atoms with van der Waals surface area (Å²) in [4.78, 5) is 4.84. The number of benzene rings is 2. The van der Waals surface area contributed by atoms with Gasteiger partial charge in [0.25, 0.3) is 0 Å². The number of anilines is 3. The summed E-state index contributed by atoms with van der Waals surface area (Å²) in [5, 5.41) is 3.48. The van der Waals surface area contributed by atoms with E-state index in [0.717, 1.165) is 37.6 Å². The summed E-state index contributed by atoms with van der Waals surface area (Å²) in [6.07, 6.45) is 0. The van der Waals surface area contributed by atoms with Gasteiger partial charge in [-0.3, -0.25) is 0 Å². The number of nitrogens with zero attached hydrogens (tertiary/aromatic N) is 2. The zero-order valence-corrected chi connectivity index (χ0v) is 13.8. The Morgan fingerprint density at radius 1 is 0.773 bits per heavy atom. The second kappa shape index (κ2) is 6.41. The molecule has 1 fully saturated rings. The van der Waals surface area contributed by atoms with E-state index in [4.69, 9.17) is 0 Å².